The molecule has 0 radical (unpaired) electrons. The zero-order valence-electron chi connectivity index (χ0n) is 9.60. The van der Waals surface area contributed by atoms with E-state index in [-0.39, 0.29) is 0 Å². The average Bonchev–Trinajstić information content (AvgIpc) is 2.18. The van der Waals surface area contributed by atoms with Gasteiger partial charge in [-0.25, -0.2) is 0 Å². The Kier molecular flexibility index (Phi) is 3.13. The van der Waals surface area contributed by atoms with Crippen molar-refractivity contribution >= 4 is 0 Å². The third-order valence-electron chi connectivity index (χ3n) is 3.74. The van der Waals surface area contributed by atoms with Gasteiger partial charge in [-0.2, -0.15) is 0 Å². The van der Waals surface area contributed by atoms with Gasteiger partial charge in [0.05, 0.1) is 0 Å². The molecule has 0 aromatic carbocycles. The number of hydrogen-bond donors (Lipinski definition) is 2. The van der Waals surface area contributed by atoms with Crippen molar-refractivity contribution in [1.82, 2.24) is 10.6 Å². The highest BCUT2D eigenvalue weighted by Crippen LogP contribution is 2.31. The van der Waals surface area contributed by atoms with Gasteiger partial charge >= 0.3 is 0 Å². The largest absolute Gasteiger partial charge is 0.316 e. The first-order valence-electron chi connectivity index (χ1n) is 6.11. The summed E-state index contributed by atoms with van der Waals surface area (Å²) in [6, 6.07) is 0.788. The summed E-state index contributed by atoms with van der Waals surface area (Å²) in [7, 11) is 0. The van der Waals surface area contributed by atoms with Gasteiger partial charge < -0.3 is 10.6 Å². The smallest absolute Gasteiger partial charge is 0.0108 e. The molecule has 2 aliphatic heterocycles. The SMILES string of the molecule is CC1(C)CNCC(C2CCCCN2)C1. The van der Waals surface area contributed by atoms with Crippen molar-refractivity contribution in [3.8, 4) is 0 Å². The molecular weight excluding hydrogens is 172 g/mol. The Balaban J connectivity index is 1.89. The van der Waals surface area contributed by atoms with Crippen molar-refractivity contribution in [1.29, 1.82) is 0 Å². The van der Waals surface area contributed by atoms with E-state index in [2.05, 4.69) is 24.5 Å². The van der Waals surface area contributed by atoms with E-state index in [1.165, 1.54) is 45.3 Å². The van der Waals surface area contributed by atoms with E-state index in [1.807, 2.05) is 0 Å². The van der Waals surface area contributed by atoms with Crippen LogP contribution in [0.3, 0.4) is 0 Å². The molecule has 2 heteroatoms. The van der Waals surface area contributed by atoms with Crippen LogP contribution in [-0.2, 0) is 0 Å². The predicted octanol–water partition coefficient (Wildman–Crippen LogP) is 1.76. The lowest BCUT2D eigenvalue weighted by Crippen LogP contribution is -2.50. The quantitative estimate of drug-likeness (QED) is 0.668. The van der Waals surface area contributed by atoms with Crippen molar-refractivity contribution in [2.24, 2.45) is 11.3 Å². The van der Waals surface area contributed by atoms with Crippen LogP contribution in [0.5, 0.6) is 0 Å². The topological polar surface area (TPSA) is 24.1 Å². The minimum atomic E-state index is 0.502. The van der Waals surface area contributed by atoms with Gasteiger partial charge in [0.25, 0.3) is 0 Å². The molecule has 82 valence electrons. The maximum Gasteiger partial charge on any atom is 0.0108 e. The van der Waals surface area contributed by atoms with E-state index in [9.17, 15) is 0 Å². The summed E-state index contributed by atoms with van der Waals surface area (Å²) in [6.07, 6.45) is 5.58. The molecule has 14 heavy (non-hydrogen) atoms. The van der Waals surface area contributed by atoms with Crippen LogP contribution in [0.15, 0.2) is 0 Å². The molecule has 0 aliphatic carbocycles. The van der Waals surface area contributed by atoms with Gasteiger partial charge in [0, 0.05) is 12.6 Å². The van der Waals surface area contributed by atoms with Crippen LogP contribution in [0.1, 0.15) is 39.5 Å². The van der Waals surface area contributed by atoms with Gasteiger partial charge in [0.2, 0.25) is 0 Å². The number of nitrogens with one attached hydrogen (secondary N) is 2. The Bertz CT molecular complexity index is 183. The summed E-state index contributed by atoms with van der Waals surface area (Å²) < 4.78 is 0. The van der Waals surface area contributed by atoms with Crippen LogP contribution in [0.2, 0.25) is 0 Å². The third kappa shape index (κ3) is 2.48. The van der Waals surface area contributed by atoms with E-state index in [1.54, 1.807) is 0 Å². The average molecular weight is 196 g/mol. The summed E-state index contributed by atoms with van der Waals surface area (Å²) in [4.78, 5) is 0. The van der Waals surface area contributed by atoms with Crippen LogP contribution in [0.25, 0.3) is 0 Å². The van der Waals surface area contributed by atoms with Crippen molar-refractivity contribution in [3.63, 3.8) is 0 Å². The molecule has 2 aliphatic rings. The predicted molar refractivity (Wildman–Crippen MR) is 60.4 cm³/mol. The summed E-state index contributed by atoms with van der Waals surface area (Å²) in [5.74, 6) is 0.860. The number of rotatable bonds is 1. The minimum absolute atomic E-state index is 0.502. The normalized spacial score (nSPS) is 38.1. The maximum absolute atomic E-state index is 3.69. The Labute approximate surface area is 87.8 Å². The second kappa shape index (κ2) is 4.19. The van der Waals surface area contributed by atoms with E-state index in [4.69, 9.17) is 0 Å². The van der Waals surface area contributed by atoms with Gasteiger partial charge in [0.1, 0.15) is 0 Å². The van der Waals surface area contributed by atoms with Gasteiger partial charge in [-0.05, 0) is 43.7 Å². The second-order valence-corrected chi connectivity index (χ2v) is 5.82. The number of piperidine rings is 2. The Hall–Kier alpha value is -0.0800. The van der Waals surface area contributed by atoms with Crippen LogP contribution >= 0.6 is 0 Å². The van der Waals surface area contributed by atoms with Crippen LogP contribution < -0.4 is 10.6 Å². The van der Waals surface area contributed by atoms with Gasteiger partial charge in [-0.15, -0.1) is 0 Å². The van der Waals surface area contributed by atoms with Crippen LogP contribution in [0, 0.1) is 11.3 Å². The second-order valence-electron chi connectivity index (χ2n) is 5.82. The first kappa shape index (κ1) is 10.4. The van der Waals surface area contributed by atoms with Gasteiger partial charge in [-0.3, -0.25) is 0 Å². The van der Waals surface area contributed by atoms with E-state index >= 15 is 0 Å². The third-order valence-corrected chi connectivity index (χ3v) is 3.74. The zero-order valence-corrected chi connectivity index (χ0v) is 9.60. The Morgan fingerprint density at radius 2 is 2.07 bits per heavy atom. The number of hydrogen-bond acceptors (Lipinski definition) is 2. The Morgan fingerprint density at radius 3 is 2.71 bits per heavy atom. The molecule has 2 nitrogen and oxygen atoms in total. The highest BCUT2D eigenvalue weighted by molar-refractivity contribution is 4.89. The Morgan fingerprint density at radius 1 is 1.21 bits per heavy atom. The fourth-order valence-electron chi connectivity index (χ4n) is 3.02. The standard InChI is InChI=1S/C12H24N2/c1-12(2)7-10(8-13-9-12)11-5-3-4-6-14-11/h10-11,13-14H,3-9H2,1-2H3. The molecule has 0 aromatic rings. The van der Waals surface area contributed by atoms with E-state index in [0.717, 1.165) is 12.0 Å². The fraction of sp³-hybridized carbons (Fsp3) is 1.00. The van der Waals surface area contributed by atoms with E-state index < -0.39 is 0 Å². The molecule has 2 fully saturated rings. The zero-order chi connectivity index (χ0) is 10.0. The van der Waals surface area contributed by atoms with Gasteiger partial charge in [-0.1, -0.05) is 20.3 Å². The molecule has 2 rings (SSSR count). The minimum Gasteiger partial charge on any atom is -0.316 e. The molecule has 0 aromatic heterocycles. The molecule has 0 bridgehead atoms. The summed E-state index contributed by atoms with van der Waals surface area (Å²) >= 11 is 0. The lowest BCUT2D eigenvalue weighted by molar-refractivity contribution is 0.152. The molecular formula is C12H24N2. The van der Waals surface area contributed by atoms with Crippen LogP contribution in [0.4, 0.5) is 0 Å². The van der Waals surface area contributed by atoms with Gasteiger partial charge in [0.15, 0.2) is 0 Å². The summed E-state index contributed by atoms with van der Waals surface area (Å²) in [5, 5.41) is 7.27. The van der Waals surface area contributed by atoms with Crippen LogP contribution in [-0.4, -0.2) is 25.7 Å². The first-order chi connectivity index (χ1) is 6.67. The monoisotopic (exact) mass is 196 g/mol. The molecule has 2 N–H and O–H groups in total. The molecule has 2 atom stereocenters. The lowest BCUT2D eigenvalue weighted by Gasteiger charge is -2.41. The van der Waals surface area contributed by atoms with Crippen molar-refractivity contribution in [2.75, 3.05) is 19.6 Å². The molecule has 2 unspecified atom stereocenters. The first-order valence-corrected chi connectivity index (χ1v) is 6.11. The summed E-state index contributed by atoms with van der Waals surface area (Å²) in [5.41, 5.74) is 0.502. The highest BCUT2D eigenvalue weighted by atomic mass is 15.0. The summed E-state index contributed by atoms with van der Waals surface area (Å²) in [6.45, 7) is 8.42. The van der Waals surface area contributed by atoms with Crippen molar-refractivity contribution < 1.29 is 0 Å². The van der Waals surface area contributed by atoms with Crippen molar-refractivity contribution in [3.05, 3.63) is 0 Å². The maximum atomic E-state index is 3.69. The highest BCUT2D eigenvalue weighted by Gasteiger charge is 2.32. The molecule has 2 heterocycles. The van der Waals surface area contributed by atoms with E-state index in [0.29, 0.717) is 5.41 Å². The molecule has 0 amide bonds. The lowest BCUT2D eigenvalue weighted by atomic mass is 9.75. The fourth-order valence-corrected chi connectivity index (χ4v) is 3.02. The molecule has 0 spiro atoms. The van der Waals surface area contributed by atoms with Crippen molar-refractivity contribution in [2.45, 2.75) is 45.6 Å². The molecule has 2 saturated heterocycles. The molecule has 0 saturated carbocycles.